The fraction of sp³-hybridized carbons (Fsp3) is 0.182. The third-order valence-electron chi connectivity index (χ3n) is 2.51. The Hall–Kier alpha value is -1.55. The fourth-order valence-corrected chi connectivity index (χ4v) is 1.67. The highest BCUT2D eigenvalue weighted by Gasteiger charge is 2.13. The summed E-state index contributed by atoms with van der Waals surface area (Å²) in [4.78, 5) is 0. The van der Waals surface area contributed by atoms with E-state index in [0.29, 0.717) is 10.8 Å². The van der Waals surface area contributed by atoms with Crippen molar-refractivity contribution in [2.24, 2.45) is 0 Å². The Bertz CT molecular complexity index is 492. The lowest BCUT2D eigenvalue weighted by atomic mass is 10.1. The highest BCUT2D eigenvalue weighted by Crippen LogP contribution is 2.25. The number of benzene rings is 1. The van der Waals surface area contributed by atoms with Gasteiger partial charge in [-0.1, -0.05) is 23.7 Å². The quantitative estimate of drug-likeness (QED) is 0.876. The summed E-state index contributed by atoms with van der Waals surface area (Å²) in [6.07, 6.45) is 1.50. The monoisotopic (exact) mass is 239 g/mol. The molecular formula is C11H11ClFN3. The Morgan fingerprint density at radius 3 is 2.50 bits per heavy atom. The molecule has 0 amide bonds. The highest BCUT2D eigenvalue weighted by atomic mass is 35.5. The second-order valence-corrected chi connectivity index (χ2v) is 3.96. The minimum Gasteiger partial charge on any atom is -0.383 e. The lowest BCUT2D eigenvalue weighted by Crippen LogP contribution is -2.11. The van der Waals surface area contributed by atoms with Crippen LogP contribution in [-0.2, 0) is 0 Å². The minimum atomic E-state index is -0.262. The molecule has 0 saturated carbocycles. The van der Waals surface area contributed by atoms with Crippen molar-refractivity contribution >= 4 is 17.4 Å². The van der Waals surface area contributed by atoms with Crippen LogP contribution in [0.25, 0.3) is 0 Å². The van der Waals surface area contributed by atoms with Crippen molar-refractivity contribution in [1.29, 1.82) is 0 Å². The van der Waals surface area contributed by atoms with Crippen molar-refractivity contribution in [2.45, 2.75) is 13.0 Å². The molecule has 2 aromatic rings. The number of rotatable bonds is 2. The predicted octanol–water partition coefficient (Wildman–Crippen LogP) is 2.87. The van der Waals surface area contributed by atoms with E-state index in [1.807, 2.05) is 6.92 Å². The van der Waals surface area contributed by atoms with E-state index in [1.165, 1.54) is 18.3 Å². The summed E-state index contributed by atoms with van der Waals surface area (Å²) in [5.41, 5.74) is 6.69. The van der Waals surface area contributed by atoms with Crippen LogP contribution in [0.5, 0.6) is 0 Å². The maximum atomic E-state index is 12.8. The maximum Gasteiger partial charge on any atom is 0.141 e. The zero-order valence-electron chi connectivity index (χ0n) is 8.69. The molecule has 1 heterocycles. The number of halogens is 2. The van der Waals surface area contributed by atoms with Crippen molar-refractivity contribution < 1.29 is 4.39 Å². The number of nitrogens with zero attached hydrogens (tertiary/aromatic N) is 2. The van der Waals surface area contributed by atoms with Crippen molar-refractivity contribution in [2.75, 3.05) is 5.73 Å². The molecule has 0 aliphatic carbocycles. The first-order chi connectivity index (χ1) is 7.59. The molecule has 0 aliphatic heterocycles. The van der Waals surface area contributed by atoms with Crippen molar-refractivity contribution in [3.8, 4) is 0 Å². The fourth-order valence-electron chi connectivity index (χ4n) is 1.54. The normalized spacial score (nSPS) is 12.7. The number of anilines is 1. The molecule has 0 aliphatic rings. The molecule has 1 aromatic carbocycles. The summed E-state index contributed by atoms with van der Waals surface area (Å²) in [6.45, 7) is 1.92. The van der Waals surface area contributed by atoms with Gasteiger partial charge >= 0.3 is 0 Å². The Morgan fingerprint density at radius 1 is 1.38 bits per heavy atom. The van der Waals surface area contributed by atoms with Crippen LogP contribution in [0.15, 0.2) is 30.5 Å². The topological polar surface area (TPSA) is 43.8 Å². The molecule has 84 valence electrons. The van der Waals surface area contributed by atoms with E-state index < -0.39 is 0 Å². The lowest BCUT2D eigenvalue weighted by Gasteiger charge is -2.14. The van der Waals surface area contributed by atoms with Crippen molar-refractivity contribution in [3.63, 3.8) is 0 Å². The van der Waals surface area contributed by atoms with Crippen LogP contribution in [-0.4, -0.2) is 9.78 Å². The van der Waals surface area contributed by atoms with E-state index in [1.54, 1.807) is 16.8 Å². The SMILES string of the molecule is CC(c1ccc(F)cc1)n1ncc(Cl)c1N. The first-order valence-corrected chi connectivity index (χ1v) is 5.21. The van der Waals surface area contributed by atoms with Crippen LogP contribution in [0.4, 0.5) is 10.2 Å². The zero-order chi connectivity index (χ0) is 11.7. The minimum absolute atomic E-state index is 0.0758. The van der Waals surface area contributed by atoms with Gasteiger partial charge in [-0.3, -0.25) is 0 Å². The van der Waals surface area contributed by atoms with Gasteiger partial charge in [-0.25, -0.2) is 9.07 Å². The van der Waals surface area contributed by atoms with Crippen LogP contribution < -0.4 is 5.73 Å². The van der Waals surface area contributed by atoms with E-state index in [4.69, 9.17) is 17.3 Å². The van der Waals surface area contributed by atoms with Crippen LogP contribution in [0.2, 0.25) is 5.02 Å². The van der Waals surface area contributed by atoms with Crippen molar-refractivity contribution in [3.05, 3.63) is 46.9 Å². The molecule has 1 atom stereocenters. The van der Waals surface area contributed by atoms with Gasteiger partial charge in [-0.15, -0.1) is 0 Å². The summed E-state index contributed by atoms with van der Waals surface area (Å²) < 4.78 is 14.4. The molecule has 1 aromatic heterocycles. The Balaban J connectivity index is 2.35. The van der Waals surface area contributed by atoms with Gasteiger partial charge in [0.15, 0.2) is 0 Å². The Morgan fingerprint density at radius 2 is 2.00 bits per heavy atom. The molecule has 0 bridgehead atoms. The van der Waals surface area contributed by atoms with E-state index in [-0.39, 0.29) is 11.9 Å². The smallest absolute Gasteiger partial charge is 0.141 e. The number of nitrogens with two attached hydrogens (primary N) is 1. The molecular weight excluding hydrogens is 229 g/mol. The lowest BCUT2D eigenvalue weighted by molar-refractivity contribution is 0.569. The molecule has 2 rings (SSSR count). The molecule has 3 nitrogen and oxygen atoms in total. The van der Waals surface area contributed by atoms with Gasteiger partial charge in [0.2, 0.25) is 0 Å². The molecule has 5 heteroatoms. The first-order valence-electron chi connectivity index (χ1n) is 4.83. The Labute approximate surface area is 97.6 Å². The molecule has 0 saturated heterocycles. The molecule has 0 fully saturated rings. The van der Waals surface area contributed by atoms with Gasteiger partial charge in [0.05, 0.1) is 12.2 Å². The third-order valence-corrected chi connectivity index (χ3v) is 2.80. The molecule has 0 spiro atoms. The first kappa shape index (κ1) is 11.0. The van der Waals surface area contributed by atoms with E-state index in [2.05, 4.69) is 5.10 Å². The molecule has 16 heavy (non-hydrogen) atoms. The van der Waals surface area contributed by atoms with E-state index in [9.17, 15) is 4.39 Å². The predicted molar refractivity (Wildman–Crippen MR) is 61.9 cm³/mol. The van der Waals surface area contributed by atoms with Crippen LogP contribution >= 0.6 is 11.6 Å². The largest absolute Gasteiger partial charge is 0.383 e. The van der Waals surface area contributed by atoms with Crippen LogP contribution in [0.3, 0.4) is 0 Å². The highest BCUT2D eigenvalue weighted by molar-refractivity contribution is 6.32. The summed E-state index contributed by atoms with van der Waals surface area (Å²) in [6, 6.07) is 6.15. The summed E-state index contributed by atoms with van der Waals surface area (Å²) in [5, 5.41) is 4.50. The average molecular weight is 240 g/mol. The number of hydrogen-bond acceptors (Lipinski definition) is 2. The maximum absolute atomic E-state index is 12.8. The van der Waals surface area contributed by atoms with Gasteiger partial charge in [0.1, 0.15) is 16.7 Å². The Kier molecular flexibility index (Phi) is 2.83. The van der Waals surface area contributed by atoms with Gasteiger partial charge in [-0.2, -0.15) is 5.10 Å². The molecule has 2 N–H and O–H groups in total. The van der Waals surface area contributed by atoms with Crippen LogP contribution in [0.1, 0.15) is 18.5 Å². The third kappa shape index (κ3) is 1.88. The standard InChI is InChI=1S/C11H11ClFN3/c1-7(8-2-4-9(13)5-3-8)16-11(14)10(12)6-15-16/h2-7H,14H2,1H3. The number of hydrogen-bond donors (Lipinski definition) is 1. The average Bonchev–Trinajstić information content (AvgIpc) is 2.60. The summed E-state index contributed by atoms with van der Waals surface area (Å²) in [7, 11) is 0. The van der Waals surface area contributed by atoms with Crippen molar-refractivity contribution in [1.82, 2.24) is 9.78 Å². The summed E-state index contributed by atoms with van der Waals surface area (Å²) >= 11 is 5.82. The second-order valence-electron chi connectivity index (χ2n) is 3.55. The zero-order valence-corrected chi connectivity index (χ0v) is 9.45. The number of nitrogen functional groups attached to an aromatic ring is 1. The van der Waals surface area contributed by atoms with Gasteiger partial charge in [-0.05, 0) is 24.6 Å². The van der Waals surface area contributed by atoms with Gasteiger partial charge in [0.25, 0.3) is 0 Å². The molecule has 0 radical (unpaired) electrons. The second kappa shape index (κ2) is 4.14. The van der Waals surface area contributed by atoms with E-state index in [0.717, 1.165) is 5.56 Å². The van der Waals surface area contributed by atoms with Crippen LogP contribution in [0, 0.1) is 5.82 Å². The van der Waals surface area contributed by atoms with Gasteiger partial charge in [0, 0.05) is 0 Å². The van der Waals surface area contributed by atoms with E-state index >= 15 is 0 Å². The van der Waals surface area contributed by atoms with Gasteiger partial charge < -0.3 is 5.73 Å². The summed E-state index contributed by atoms with van der Waals surface area (Å²) in [5.74, 6) is 0.154. The molecule has 1 unspecified atom stereocenters. The number of aromatic nitrogens is 2.